The van der Waals surface area contributed by atoms with Crippen molar-refractivity contribution >= 4 is 17.2 Å². The van der Waals surface area contributed by atoms with Crippen LogP contribution >= 0.6 is 11.3 Å². The third kappa shape index (κ3) is 4.60. The summed E-state index contributed by atoms with van der Waals surface area (Å²) in [6, 6.07) is 7.53. The molecule has 0 atom stereocenters. The minimum Gasteiger partial charge on any atom is -0.478 e. The second-order valence-corrected chi connectivity index (χ2v) is 6.10. The summed E-state index contributed by atoms with van der Waals surface area (Å²) in [5, 5.41) is 5.65. The predicted octanol–water partition coefficient (Wildman–Crippen LogP) is 2.86. The van der Waals surface area contributed by atoms with Crippen molar-refractivity contribution in [1.82, 2.24) is 20.3 Å². The molecule has 0 radical (unpaired) electrons. The number of pyridine rings is 2. The maximum absolute atomic E-state index is 12.2. The summed E-state index contributed by atoms with van der Waals surface area (Å²) in [6.07, 6.45) is 5.40. The van der Waals surface area contributed by atoms with E-state index in [1.54, 1.807) is 18.6 Å². The molecule has 3 aromatic rings. The van der Waals surface area contributed by atoms with E-state index in [0.717, 1.165) is 21.8 Å². The fourth-order valence-corrected chi connectivity index (χ4v) is 3.07. The Balaban J connectivity index is 1.58. The molecule has 0 aromatic carbocycles. The van der Waals surface area contributed by atoms with E-state index in [1.165, 1.54) is 11.3 Å². The Labute approximate surface area is 149 Å². The normalized spacial score (nSPS) is 10.4. The Morgan fingerprint density at radius 3 is 2.96 bits per heavy atom. The number of amides is 1. The molecule has 0 bridgehead atoms. The molecule has 3 heterocycles. The number of hydrogen-bond acceptors (Lipinski definition) is 6. The molecule has 0 unspecified atom stereocenters. The molecule has 0 aliphatic carbocycles. The lowest BCUT2D eigenvalue weighted by Crippen LogP contribution is -2.25. The van der Waals surface area contributed by atoms with Crippen molar-refractivity contribution in [2.45, 2.75) is 19.9 Å². The first-order valence-corrected chi connectivity index (χ1v) is 8.82. The van der Waals surface area contributed by atoms with Gasteiger partial charge in [-0.05, 0) is 25.1 Å². The third-order valence-electron chi connectivity index (χ3n) is 3.41. The van der Waals surface area contributed by atoms with Crippen molar-refractivity contribution in [3.05, 3.63) is 59.5 Å². The van der Waals surface area contributed by atoms with Gasteiger partial charge in [0, 0.05) is 41.6 Å². The summed E-state index contributed by atoms with van der Waals surface area (Å²) in [5.41, 5.74) is 2.56. The van der Waals surface area contributed by atoms with E-state index in [9.17, 15) is 4.79 Å². The zero-order valence-corrected chi connectivity index (χ0v) is 14.6. The molecule has 1 amide bonds. The largest absolute Gasteiger partial charge is 0.478 e. The zero-order chi connectivity index (χ0) is 17.5. The van der Waals surface area contributed by atoms with Gasteiger partial charge >= 0.3 is 0 Å². The van der Waals surface area contributed by atoms with Crippen LogP contribution in [0.5, 0.6) is 5.88 Å². The average Bonchev–Trinajstić information content (AvgIpc) is 3.10. The Morgan fingerprint density at radius 1 is 1.28 bits per heavy atom. The topological polar surface area (TPSA) is 77.0 Å². The lowest BCUT2D eigenvalue weighted by atomic mass is 10.2. The molecule has 1 N–H and O–H groups in total. The highest BCUT2D eigenvalue weighted by Gasteiger charge is 2.10. The number of nitrogens with one attached hydrogen (secondary N) is 1. The van der Waals surface area contributed by atoms with Crippen LogP contribution in [-0.4, -0.2) is 27.5 Å². The van der Waals surface area contributed by atoms with Crippen molar-refractivity contribution in [2.24, 2.45) is 0 Å². The molecule has 3 rings (SSSR count). The SMILES string of the molecule is CCOc1ncccc1CNC(=O)Cc1csc(-c2cccnc2)n1. The number of carbonyl (C=O) groups is 1. The molecule has 0 fully saturated rings. The quantitative estimate of drug-likeness (QED) is 0.706. The van der Waals surface area contributed by atoms with Gasteiger partial charge in [0.2, 0.25) is 11.8 Å². The fraction of sp³-hybridized carbons (Fsp3) is 0.222. The van der Waals surface area contributed by atoms with E-state index < -0.39 is 0 Å². The molecule has 6 nitrogen and oxygen atoms in total. The van der Waals surface area contributed by atoms with E-state index in [4.69, 9.17) is 4.74 Å². The Morgan fingerprint density at radius 2 is 2.16 bits per heavy atom. The van der Waals surface area contributed by atoms with Gasteiger partial charge in [-0.15, -0.1) is 11.3 Å². The first-order chi connectivity index (χ1) is 12.3. The van der Waals surface area contributed by atoms with Crippen LogP contribution in [0.3, 0.4) is 0 Å². The highest BCUT2D eigenvalue weighted by Crippen LogP contribution is 2.22. The minimum absolute atomic E-state index is 0.0886. The summed E-state index contributed by atoms with van der Waals surface area (Å²) in [4.78, 5) is 24.9. The van der Waals surface area contributed by atoms with Crippen molar-refractivity contribution < 1.29 is 9.53 Å². The number of nitrogens with zero attached hydrogens (tertiary/aromatic N) is 3. The maximum Gasteiger partial charge on any atom is 0.226 e. The molecule has 25 heavy (non-hydrogen) atoms. The van der Waals surface area contributed by atoms with Crippen LogP contribution in [0.15, 0.2) is 48.2 Å². The van der Waals surface area contributed by atoms with Crippen molar-refractivity contribution in [2.75, 3.05) is 6.61 Å². The van der Waals surface area contributed by atoms with Gasteiger partial charge < -0.3 is 10.1 Å². The summed E-state index contributed by atoms with van der Waals surface area (Å²) in [5.74, 6) is 0.465. The zero-order valence-electron chi connectivity index (χ0n) is 13.8. The molecule has 0 saturated heterocycles. The van der Waals surface area contributed by atoms with Crippen molar-refractivity contribution in [3.8, 4) is 16.5 Å². The van der Waals surface area contributed by atoms with Crippen LogP contribution in [0, 0.1) is 0 Å². The number of hydrogen-bond donors (Lipinski definition) is 1. The van der Waals surface area contributed by atoms with Gasteiger partial charge in [0.05, 0.1) is 18.7 Å². The maximum atomic E-state index is 12.2. The average molecular weight is 354 g/mol. The van der Waals surface area contributed by atoms with Crippen molar-refractivity contribution in [1.29, 1.82) is 0 Å². The number of thiazole rings is 1. The van der Waals surface area contributed by atoms with Gasteiger partial charge in [-0.25, -0.2) is 9.97 Å². The standard InChI is InChI=1S/C18H18N4O2S/c1-2-24-17-13(5-4-8-20-17)11-21-16(23)9-15-12-25-18(22-15)14-6-3-7-19-10-14/h3-8,10,12H,2,9,11H2,1H3,(H,21,23). The monoisotopic (exact) mass is 354 g/mol. The van der Waals surface area contributed by atoms with Crippen LogP contribution in [0.1, 0.15) is 18.2 Å². The lowest BCUT2D eigenvalue weighted by Gasteiger charge is -2.09. The Hall–Kier alpha value is -2.80. The van der Waals surface area contributed by atoms with Gasteiger partial charge in [-0.3, -0.25) is 9.78 Å². The van der Waals surface area contributed by atoms with E-state index in [1.807, 2.05) is 36.6 Å². The first kappa shape index (κ1) is 17.0. The smallest absolute Gasteiger partial charge is 0.226 e. The second kappa shape index (κ2) is 8.34. The lowest BCUT2D eigenvalue weighted by molar-refractivity contribution is -0.120. The summed E-state index contributed by atoms with van der Waals surface area (Å²) in [7, 11) is 0. The van der Waals surface area contributed by atoms with E-state index >= 15 is 0 Å². The van der Waals surface area contributed by atoms with Crippen LogP contribution in [0.25, 0.3) is 10.6 Å². The molecular formula is C18H18N4O2S. The number of aromatic nitrogens is 3. The highest BCUT2D eigenvalue weighted by molar-refractivity contribution is 7.13. The molecule has 0 spiro atoms. The van der Waals surface area contributed by atoms with Crippen LogP contribution < -0.4 is 10.1 Å². The van der Waals surface area contributed by atoms with Gasteiger partial charge in [-0.2, -0.15) is 0 Å². The van der Waals surface area contributed by atoms with Gasteiger partial charge in [0.25, 0.3) is 0 Å². The molecule has 0 aliphatic heterocycles. The minimum atomic E-state index is -0.0886. The second-order valence-electron chi connectivity index (χ2n) is 5.24. The predicted molar refractivity (Wildman–Crippen MR) is 96.3 cm³/mol. The number of rotatable bonds is 7. The summed E-state index contributed by atoms with van der Waals surface area (Å²) < 4.78 is 5.46. The van der Waals surface area contributed by atoms with Gasteiger partial charge in [0.15, 0.2) is 0 Å². The molecule has 128 valence electrons. The van der Waals surface area contributed by atoms with Gasteiger partial charge in [0.1, 0.15) is 5.01 Å². The molecule has 0 aliphatic rings. The summed E-state index contributed by atoms with van der Waals surface area (Å²) >= 11 is 1.51. The van der Waals surface area contributed by atoms with E-state index in [0.29, 0.717) is 19.0 Å². The van der Waals surface area contributed by atoms with E-state index in [2.05, 4.69) is 20.3 Å². The number of carbonyl (C=O) groups excluding carboxylic acids is 1. The Kier molecular flexibility index (Phi) is 5.69. The highest BCUT2D eigenvalue weighted by atomic mass is 32.1. The molecule has 7 heteroatoms. The first-order valence-electron chi connectivity index (χ1n) is 7.94. The molecular weight excluding hydrogens is 336 g/mol. The van der Waals surface area contributed by atoms with Crippen molar-refractivity contribution in [3.63, 3.8) is 0 Å². The van der Waals surface area contributed by atoms with Gasteiger partial charge in [-0.1, -0.05) is 6.07 Å². The Bertz CT molecular complexity index is 836. The van der Waals surface area contributed by atoms with E-state index in [-0.39, 0.29) is 12.3 Å². The third-order valence-corrected chi connectivity index (χ3v) is 4.35. The molecule has 3 aromatic heterocycles. The van der Waals surface area contributed by atoms with Crippen LogP contribution in [-0.2, 0) is 17.8 Å². The van der Waals surface area contributed by atoms with Crippen LogP contribution in [0.2, 0.25) is 0 Å². The summed E-state index contributed by atoms with van der Waals surface area (Å²) in [6.45, 7) is 2.81. The molecule has 0 saturated carbocycles. The fourth-order valence-electron chi connectivity index (χ4n) is 2.26. The number of ether oxygens (including phenoxy) is 1. The van der Waals surface area contributed by atoms with Crippen LogP contribution in [0.4, 0.5) is 0 Å².